The van der Waals surface area contributed by atoms with Crippen molar-refractivity contribution in [3.05, 3.63) is 89.2 Å². The molecule has 0 spiro atoms. The van der Waals surface area contributed by atoms with Gasteiger partial charge in [-0.25, -0.2) is 8.42 Å². The van der Waals surface area contributed by atoms with Crippen LogP contribution in [0.3, 0.4) is 0 Å². The van der Waals surface area contributed by atoms with Crippen molar-refractivity contribution >= 4 is 21.6 Å². The molecule has 3 aromatic rings. The topological polar surface area (TPSA) is 88.2 Å². The summed E-state index contributed by atoms with van der Waals surface area (Å²) in [5, 5.41) is 2.83. The number of aryl methyl sites for hydroxylation is 2. The Morgan fingerprint density at radius 3 is 2.38 bits per heavy atom. The summed E-state index contributed by atoms with van der Waals surface area (Å²) in [5.41, 5.74) is 3.70. The van der Waals surface area contributed by atoms with Crippen molar-refractivity contribution < 1.29 is 13.2 Å². The van der Waals surface area contributed by atoms with Gasteiger partial charge in [0.25, 0.3) is 15.9 Å². The van der Waals surface area contributed by atoms with Crippen LogP contribution in [0.15, 0.2) is 71.8 Å². The fourth-order valence-corrected chi connectivity index (χ4v) is 3.88. The van der Waals surface area contributed by atoms with Crippen molar-refractivity contribution in [1.82, 2.24) is 10.3 Å². The lowest BCUT2D eigenvalue weighted by molar-refractivity contribution is 0.0954. The van der Waals surface area contributed by atoms with Gasteiger partial charge in [0, 0.05) is 36.1 Å². The summed E-state index contributed by atoms with van der Waals surface area (Å²) in [6.07, 6.45) is 2.36. The Labute approximate surface area is 171 Å². The van der Waals surface area contributed by atoms with Gasteiger partial charge in [0.05, 0.1) is 4.90 Å². The smallest absolute Gasteiger partial charge is 0.261 e. The highest BCUT2D eigenvalue weighted by molar-refractivity contribution is 7.92. The normalized spacial score (nSPS) is 11.1. The lowest BCUT2D eigenvalue weighted by Gasteiger charge is -2.10. The maximum atomic E-state index is 12.6. The van der Waals surface area contributed by atoms with Crippen LogP contribution in [0.25, 0.3) is 0 Å². The van der Waals surface area contributed by atoms with E-state index in [0.717, 1.165) is 16.8 Å². The zero-order chi connectivity index (χ0) is 20.9. The fourth-order valence-electron chi connectivity index (χ4n) is 2.74. The number of nitrogens with zero attached hydrogens (tertiary/aromatic N) is 1. The molecule has 0 bridgehead atoms. The summed E-state index contributed by atoms with van der Waals surface area (Å²) >= 11 is 0. The first-order valence-electron chi connectivity index (χ1n) is 9.23. The molecule has 0 atom stereocenters. The minimum Gasteiger partial charge on any atom is -0.352 e. The van der Waals surface area contributed by atoms with E-state index in [1.54, 1.807) is 48.7 Å². The first kappa shape index (κ1) is 20.5. The molecule has 0 saturated heterocycles. The van der Waals surface area contributed by atoms with Crippen LogP contribution in [0.1, 0.15) is 27.2 Å². The zero-order valence-electron chi connectivity index (χ0n) is 16.3. The summed E-state index contributed by atoms with van der Waals surface area (Å²) in [6, 6.07) is 17.0. The number of sulfonamides is 1. The second kappa shape index (κ2) is 8.87. The standard InChI is InChI=1S/C22H23N3O3S/c1-16-6-11-21(15-17(16)2)29(27,28)25-20-9-7-18(8-10-20)22(26)24-14-12-19-5-3-4-13-23-19/h3-11,13,15,25H,12,14H2,1-2H3,(H,24,26). The number of carbonyl (C=O) groups is 1. The molecule has 1 amide bonds. The van der Waals surface area contributed by atoms with Gasteiger partial charge in [0.2, 0.25) is 0 Å². The van der Waals surface area contributed by atoms with E-state index in [1.807, 2.05) is 32.0 Å². The third-order valence-corrected chi connectivity index (χ3v) is 5.96. The minimum atomic E-state index is -3.69. The molecule has 0 fully saturated rings. The first-order valence-corrected chi connectivity index (χ1v) is 10.7. The van der Waals surface area contributed by atoms with Crippen LogP contribution in [0, 0.1) is 13.8 Å². The monoisotopic (exact) mass is 409 g/mol. The molecule has 2 aromatic carbocycles. The fraction of sp³-hybridized carbons (Fsp3) is 0.182. The Kier molecular flexibility index (Phi) is 6.29. The van der Waals surface area contributed by atoms with Gasteiger partial charge in [-0.1, -0.05) is 12.1 Å². The Morgan fingerprint density at radius 1 is 0.966 bits per heavy atom. The molecule has 3 rings (SSSR count). The average molecular weight is 410 g/mol. The number of hydrogen-bond acceptors (Lipinski definition) is 4. The van der Waals surface area contributed by atoms with Crippen molar-refractivity contribution in [2.45, 2.75) is 25.2 Å². The van der Waals surface area contributed by atoms with Gasteiger partial charge >= 0.3 is 0 Å². The molecule has 2 N–H and O–H groups in total. The molecule has 29 heavy (non-hydrogen) atoms. The largest absolute Gasteiger partial charge is 0.352 e. The van der Waals surface area contributed by atoms with E-state index in [0.29, 0.717) is 24.2 Å². The third kappa shape index (κ3) is 5.42. The van der Waals surface area contributed by atoms with Gasteiger partial charge in [-0.05, 0) is 73.5 Å². The van der Waals surface area contributed by atoms with Gasteiger partial charge in [-0.2, -0.15) is 0 Å². The number of amides is 1. The van der Waals surface area contributed by atoms with Crippen molar-refractivity contribution in [2.24, 2.45) is 0 Å². The molecule has 0 aliphatic heterocycles. The van der Waals surface area contributed by atoms with Crippen molar-refractivity contribution in [3.8, 4) is 0 Å². The number of benzene rings is 2. The van der Waals surface area contributed by atoms with Crippen molar-refractivity contribution in [1.29, 1.82) is 0 Å². The third-order valence-electron chi connectivity index (χ3n) is 4.58. The van der Waals surface area contributed by atoms with Crippen LogP contribution < -0.4 is 10.0 Å². The quantitative estimate of drug-likeness (QED) is 0.625. The Hall–Kier alpha value is -3.19. The highest BCUT2D eigenvalue weighted by Crippen LogP contribution is 2.19. The number of pyridine rings is 1. The molecular weight excluding hydrogens is 386 g/mol. The second-order valence-electron chi connectivity index (χ2n) is 6.76. The first-order chi connectivity index (χ1) is 13.8. The molecule has 0 aliphatic carbocycles. The summed E-state index contributed by atoms with van der Waals surface area (Å²) in [7, 11) is -3.69. The molecule has 7 heteroatoms. The van der Waals surface area contributed by atoms with Crippen molar-refractivity contribution in [3.63, 3.8) is 0 Å². The van der Waals surface area contributed by atoms with E-state index in [4.69, 9.17) is 0 Å². The minimum absolute atomic E-state index is 0.206. The van der Waals surface area contributed by atoms with Crippen LogP contribution in [0.2, 0.25) is 0 Å². The zero-order valence-corrected chi connectivity index (χ0v) is 17.2. The molecule has 0 unspecified atom stereocenters. The number of rotatable bonds is 7. The van der Waals surface area contributed by atoms with Gasteiger partial charge in [-0.15, -0.1) is 0 Å². The molecule has 0 saturated carbocycles. The summed E-state index contributed by atoms with van der Waals surface area (Å²) in [5.74, 6) is -0.218. The molecule has 6 nitrogen and oxygen atoms in total. The van der Waals surface area contributed by atoms with E-state index in [9.17, 15) is 13.2 Å². The van der Waals surface area contributed by atoms with Gasteiger partial charge in [0.1, 0.15) is 0 Å². The number of nitrogens with one attached hydrogen (secondary N) is 2. The lowest BCUT2D eigenvalue weighted by atomic mass is 10.1. The van der Waals surface area contributed by atoms with Crippen LogP contribution in [-0.2, 0) is 16.4 Å². The predicted molar refractivity (Wildman–Crippen MR) is 113 cm³/mol. The lowest BCUT2D eigenvalue weighted by Crippen LogP contribution is -2.25. The Morgan fingerprint density at radius 2 is 1.72 bits per heavy atom. The summed E-state index contributed by atoms with van der Waals surface area (Å²) in [4.78, 5) is 16.7. The SMILES string of the molecule is Cc1ccc(S(=O)(=O)Nc2ccc(C(=O)NCCc3ccccn3)cc2)cc1C. The number of carbonyl (C=O) groups excluding carboxylic acids is 1. The van der Waals surface area contributed by atoms with E-state index < -0.39 is 10.0 Å². The van der Waals surface area contributed by atoms with Gasteiger partial charge < -0.3 is 5.32 Å². The second-order valence-corrected chi connectivity index (χ2v) is 8.44. The van der Waals surface area contributed by atoms with E-state index in [2.05, 4.69) is 15.0 Å². The highest BCUT2D eigenvalue weighted by Gasteiger charge is 2.15. The molecule has 0 aliphatic rings. The maximum absolute atomic E-state index is 12.6. The molecule has 1 aromatic heterocycles. The number of anilines is 1. The maximum Gasteiger partial charge on any atom is 0.261 e. The summed E-state index contributed by atoms with van der Waals surface area (Å²) in [6.45, 7) is 4.27. The number of hydrogen-bond donors (Lipinski definition) is 2. The van der Waals surface area contributed by atoms with E-state index in [-0.39, 0.29) is 10.8 Å². The van der Waals surface area contributed by atoms with Crippen LogP contribution in [-0.4, -0.2) is 25.9 Å². The van der Waals surface area contributed by atoms with Gasteiger partial charge in [-0.3, -0.25) is 14.5 Å². The van der Waals surface area contributed by atoms with Crippen LogP contribution in [0.4, 0.5) is 5.69 Å². The Bertz CT molecular complexity index is 1100. The highest BCUT2D eigenvalue weighted by atomic mass is 32.2. The summed E-state index contributed by atoms with van der Waals surface area (Å²) < 4.78 is 27.7. The molecule has 150 valence electrons. The molecular formula is C22H23N3O3S. The van der Waals surface area contributed by atoms with Crippen molar-refractivity contribution in [2.75, 3.05) is 11.3 Å². The number of aromatic nitrogens is 1. The predicted octanol–water partition coefficient (Wildman–Crippen LogP) is 3.47. The van der Waals surface area contributed by atoms with Crippen LogP contribution in [0.5, 0.6) is 0 Å². The van der Waals surface area contributed by atoms with Crippen LogP contribution >= 0.6 is 0 Å². The molecule has 0 radical (unpaired) electrons. The van der Waals surface area contributed by atoms with Gasteiger partial charge in [0.15, 0.2) is 0 Å². The Balaban J connectivity index is 1.60. The van der Waals surface area contributed by atoms with E-state index >= 15 is 0 Å². The average Bonchev–Trinajstić information content (AvgIpc) is 2.71. The van der Waals surface area contributed by atoms with E-state index in [1.165, 1.54) is 0 Å². The molecule has 1 heterocycles.